The maximum atomic E-state index is 12.4. The third-order valence-electron chi connectivity index (χ3n) is 4.15. The van der Waals surface area contributed by atoms with E-state index in [-0.39, 0.29) is 35.1 Å². The van der Waals surface area contributed by atoms with Crippen molar-refractivity contribution in [3.8, 4) is 0 Å². The Morgan fingerprint density at radius 3 is 2.48 bits per heavy atom. The van der Waals surface area contributed by atoms with Crippen LogP contribution in [0.3, 0.4) is 0 Å². The minimum Gasteiger partial charge on any atom is -0.378 e. The maximum Gasteiger partial charge on any atom is 0.353 e. The Balaban J connectivity index is 1.45. The number of nitrogens with zero attached hydrogens (tertiary/aromatic N) is 6. The van der Waals surface area contributed by atoms with Gasteiger partial charge in [0.1, 0.15) is 11.3 Å². The van der Waals surface area contributed by atoms with E-state index in [4.69, 9.17) is 5.73 Å². The van der Waals surface area contributed by atoms with E-state index in [2.05, 4.69) is 25.5 Å². The van der Waals surface area contributed by atoms with Crippen molar-refractivity contribution in [2.45, 2.75) is 6.42 Å². The van der Waals surface area contributed by atoms with Crippen molar-refractivity contribution in [1.29, 1.82) is 0 Å². The van der Waals surface area contributed by atoms with Gasteiger partial charge in [0.2, 0.25) is 16.8 Å². The average molecular weight is 412 g/mol. The molecule has 0 spiro atoms. The normalized spacial score (nSPS) is 12.9. The molecule has 0 fully saturated rings. The van der Waals surface area contributed by atoms with Crippen LogP contribution in [0.1, 0.15) is 25.7 Å². The molecule has 13 heteroatoms. The van der Waals surface area contributed by atoms with Gasteiger partial charge in [0.25, 0.3) is 11.8 Å². The van der Waals surface area contributed by atoms with E-state index in [1.165, 1.54) is 0 Å². The number of fused-ring (bicyclic) bond motifs is 1. The van der Waals surface area contributed by atoms with Gasteiger partial charge < -0.3 is 11.1 Å². The van der Waals surface area contributed by atoms with Crippen molar-refractivity contribution in [1.82, 2.24) is 25.1 Å². The van der Waals surface area contributed by atoms with Crippen molar-refractivity contribution < 1.29 is 14.5 Å². The number of nitro groups is 1. The molecule has 12 nitrogen and oxygen atoms in total. The van der Waals surface area contributed by atoms with E-state index in [1.54, 1.807) is 24.3 Å². The maximum absolute atomic E-state index is 12.4. The molecule has 1 aliphatic heterocycles. The first-order valence-electron chi connectivity index (χ1n) is 8.25. The lowest BCUT2D eigenvalue weighted by Crippen LogP contribution is -2.31. The monoisotopic (exact) mass is 412 g/mol. The predicted octanol–water partition coefficient (Wildman–Crippen LogP) is 1.40. The van der Waals surface area contributed by atoms with Crippen LogP contribution in [0.5, 0.6) is 0 Å². The number of rotatable bonds is 6. The zero-order valence-corrected chi connectivity index (χ0v) is 15.4. The zero-order chi connectivity index (χ0) is 20.5. The third kappa shape index (κ3) is 3.34. The molecule has 2 amide bonds. The Labute approximate surface area is 166 Å². The van der Waals surface area contributed by atoms with Crippen molar-refractivity contribution in [3.63, 3.8) is 0 Å². The summed E-state index contributed by atoms with van der Waals surface area (Å²) < 4.78 is 0. The van der Waals surface area contributed by atoms with E-state index < -0.39 is 10.6 Å². The molecule has 1 aliphatic rings. The average Bonchev–Trinajstić information content (AvgIpc) is 3.23. The van der Waals surface area contributed by atoms with Crippen molar-refractivity contribution >= 4 is 45.6 Å². The van der Waals surface area contributed by atoms with Crippen LogP contribution in [0.25, 0.3) is 0 Å². The fourth-order valence-electron chi connectivity index (χ4n) is 2.82. The minimum absolute atomic E-state index is 0.106. The minimum atomic E-state index is -0.693. The molecule has 3 N–H and O–H groups in total. The predicted molar refractivity (Wildman–Crippen MR) is 102 cm³/mol. The second-order valence-corrected chi connectivity index (χ2v) is 6.96. The second kappa shape index (κ2) is 7.20. The van der Waals surface area contributed by atoms with Gasteiger partial charge in [-0.3, -0.25) is 24.6 Å². The molecule has 2 aromatic heterocycles. The van der Waals surface area contributed by atoms with Crippen LogP contribution in [0.4, 0.5) is 22.5 Å². The molecule has 29 heavy (non-hydrogen) atoms. The van der Waals surface area contributed by atoms with Crippen LogP contribution in [0.15, 0.2) is 30.6 Å². The molecule has 0 bridgehead atoms. The summed E-state index contributed by atoms with van der Waals surface area (Å²) in [6.07, 6.45) is 1.38. The Morgan fingerprint density at radius 2 is 1.83 bits per heavy atom. The lowest BCUT2D eigenvalue weighted by molar-refractivity contribution is -0.383. The van der Waals surface area contributed by atoms with Gasteiger partial charge in [-0.05, 0) is 12.1 Å². The summed E-state index contributed by atoms with van der Waals surface area (Å²) in [5.74, 6) is -1.07. The molecule has 0 atom stereocenters. The summed E-state index contributed by atoms with van der Waals surface area (Å²) in [5.41, 5.74) is 5.82. The molecule has 4 rings (SSSR count). The van der Waals surface area contributed by atoms with Crippen LogP contribution in [0, 0.1) is 10.1 Å². The Hall–Kier alpha value is -4.00. The molecule has 0 aliphatic carbocycles. The Morgan fingerprint density at radius 1 is 1.14 bits per heavy atom. The molecule has 3 aromatic rings. The number of anilines is 3. The number of amides is 2. The van der Waals surface area contributed by atoms with Gasteiger partial charge in [-0.2, -0.15) is 0 Å². The Kier molecular flexibility index (Phi) is 4.56. The number of carbonyl (C=O) groups excluding carboxylic acids is 2. The van der Waals surface area contributed by atoms with Crippen molar-refractivity contribution in [2.24, 2.45) is 0 Å². The quantitative estimate of drug-likeness (QED) is 0.342. The van der Waals surface area contributed by atoms with Crippen LogP contribution < -0.4 is 11.1 Å². The molecular formula is C16H12N8O4S. The standard InChI is InChI=1S/C16H12N8O4S/c17-12-11(24(27)28)13(19-7-18-12)20-16-22-21-10(29-16)5-6-23-14(25)8-3-1-2-4-9(8)15(23)26/h1-4,7H,5-6H2,(H3,17,18,19,20,22). The molecule has 1 aromatic carbocycles. The number of imide groups is 1. The summed E-state index contributed by atoms with van der Waals surface area (Å²) in [7, 11) is 0. The van der Waals surface area contributed by atoms with Gasteiger partial charge in [-0.1, -0.05) is 23.5 Å². The smallest absolute Gasteiger partial charge is 0.353 e. The number of nitrogen functional groups attached to an aromatic ring is 1. The topological polar surface area (TPSA) is 170 Å². The summed E-state index contributed by atoms with van der Waals surface area (Å²) in [6, 6.07) is 6.64. The SMILES string of the molecule is Nc1ncnc(Nc2nnc(CCN3C(=O)c4ccccc4C3=O)s2)c1[N+](=O)[O-]. The molecule has 3 heterocycles. The van der Waals surface area contributed by atoms with E-state index in [9.17, 15) is 19.7 Å². The van der Waals surface area contributed by atoms with Gasteiger partial charge in [-0.25, -0.2) is 9.97 Å². The number of aromatic nitrogens is 4. The first-order valence-corrected chi connectivity index (χ1v) is 9.07. The van der Waals surface area contributed by atoms with Gasteiger partial charge in [-0.15, -0.1) is 10.2 Å². The largest absolute Gasteiger partial charge is 0.378 e. The van der Waals surface area contributed by atoms with Crippen molar-refractivity contribution in [3.05, 3.63) is 56.8 Å². The summed E-state index contributed by atoms with van der Waals surface area (Å²) in [6.45, 7) is 0.140. The number of nitrogens with two attached hydrogens (primary N) is 1. The van der Waals surface area contributed by atoms with Gasteiger partial charge in [0.05, 0.1) is 16.1 Å². The lowest BCUT2D eigenvalue weighted by atomic mass is 10.1. The lowest BCUT2D eigenvalue weighted by Gasteiger charge is -2.12. The summed E-state index contributed by atoms with van der Waals surface area (Å²) >= 11 is 1.12. The third-order valence-corrected chi connectivity index (χ3v) is 5.05. The first kappa shape index (κ1) is 18.4. The van der Waals surface area contributed by atoms with Crippen LogP contribution in [0.2, 0.25) is 0 Å². The first-order chi connectivity index (χ1) is 14.0. The van der Waals surface area contributed by atoms with E-state index >= 15 is 0 Å². The van der Waals surface area contributed by atoms with E-state index in [1.807, 2.05) is 0 Å². The molecular weight excluding hydrogens is 400 g/mol. The van der Waals surface area contributed by atoms with E-state index in [0.717, 1.165) is 22.6 Å². The highest BCUT2D eigenvalue weighted by molar-refractivity contribution is 7.15. The van der Waals surface area contributed by atoms with Crippen LogP contribution >= 0.6 is 11.3 Å². The van der Waals surface area contributed by atoms with Crippen LogP contribution in [-0.4, -0.2) is 48.3 Å². The number of nitrogens with one attached hydrogen (secondary N) is 1. The van der Waals surface area contributed by atoms with Gasteiger partial charge >= 0.3 is 5.69 Å². The second-order valence-electron chi connectivity index (χ2n) is 5.90. The highest BCUT2D eigenvalue weighted by Crippen LogP contribution is 2.30. The summed E-state index contributed by atoms with van der Waals surface area (Å²) in [4.78, 5) is 43.8. The number of benzene rings is 1. The number of hydrogen-bond acceptors (Lipinski definition) is 11. The highest BCUT2D eigenvalue weighted by Gasteiger charge is 2.34. The molecule has 0 saturated carbocycles. The highest BCUT2D eigenvalue weighted by atomic mass is 32.1. The van der Waals surface area contributed by atoms with Gasteiger partial charge in [0.15, 0.2) is 0 Å². The van der Waals surface area contributed by atoms with E-state index in [0.29, 0.717) is 22.6 Å². The fraction of sp³-hybridized carbons (Fsp3) is 0.125. The molecule has 0 unspecified atom stereocenters. The number of hydrogen-bond donors (Lipinski definition) is 2. The number of carbonyl (C=O) groups is 2. The molecule has 146 valence electrons. The molecule has 0 radical (unpaired) electrons. The summed E-state index contributed by atoms with van der Waals surface area (Å²) in [5, 5.41) is 22.5. The fourth-order valence-corrected chi connectivity index (χ4v) is 3.55. The van der Waals surface area contributed by atoms with Crippen molar-refractivity contribution in [2.75, 3.05) is 17.6 Å². The molecule has 0 saturated heterocycles. The van der Waals surface area contributed by atoms with Gasteiger partial charge in [0, 0.05) is 13.0 Å². The van der Waals surface area contributed by atoms with Crippen LogP contribution in [-0.2, 0) is 6.42 Å². The Bertz CT molecular complexity index is 1110. The zero-order valence-electron chi connectivity index (χ0n) is 14.6.